The minimum atomic E-state index is -0.0353. The molecule has 2 rings (SSSR count). The van der Waals surface area contributed by atoms with Gasteiger partial charge in [-0.05, 0) is 24.0 Å². The number of methoxy groups -OCH3 is 1. The zero-order chi connectivity index (χ0) is 10.7. The molecule has 1 aromatic rings. The van der Waals surface area contributed by atoms with E-state index in [1.165, 1.54) is 11.6 Å². The first-order valence-corrected chi connectivity index (χ1v) is 4.99. The van der Waals surface area contributed by atoms with E-state index in [0.717, 1.165) is 18.4 Å². The second-order valence-electron chi connectivity index (χ2n) is 3.80. The fraction of sp³-hybridized carbons (Fsp3) is 0.417. The van der Waals surface area contributed by atoms with Crippen LogP contribution in [0, 0.1) is 0 Å². The van der Waals surface area contributed by atoms with Crippen molar-refractivity contribution in [3.05, 3.63) is 35.4 Å². The number of hydrogen-bond donors (Lipinski definition) is 0. The van der Waals surface area contributed by atoms with E-state index in [0.29, 0.717) is 6.54 Å². The van der Waals surface area contributed by atoms with Gasteiger partial charge in [0.15, 0.2) is 0 Å². The van der Waals surface area contributed by atoms with Crippen molar-refractivity contribution in [3.8, 4) is 0 Å². The molecule has 0 heterocycles. The summed E-state index contributed by atoms with van der Waals surface area (Å²) in [6.45, 7) is 0.407. The van der Waals surface area contributed by atoms with Gasteiger partial charge in [-0.25, -0.2) is 9.79 Å². The van der Waals surface area contributed by atoms with Crippen molar-refractivity contribution in [2.45, 2.75) is 25.0 Å². The van der Waals surface area contributed by atoms with Crippen molar-refractivity contribution >= 4 is 6.08 Å². The lowest BCUT2D eigenvalue weighted by Gasteiger charge is -2.13. The number of rotatable bonds is 4. The summed E-state index contributed by atoms with van der Waals surface area (Å²) in [6, 6.07) is 8.06. The Morgan fingerprint density at radius 2 is 2.07 bits per heavy atom. The number of benzene rings is 1. The van der Waals surface area contributed by atoms with Crippen LogP contribution in [0.2, 0.25) is 0 Å². The van der Waals surface area contributed by atoms with Crippen LogP contribution in [0.25, 0.3) is 0 Å². The van der Waals surface area contributed by atoms with Gasteiger partial charge in [-0.3, -0.25) is 0 Å². The summed E-state index contributed by atoms with van der Waals surface area (Å²) in [7, 11) is 1.75. The number of isocyanates is 1. The fourth-order valence-electron chi connectivity index (χ4n) is 1.76. The first-order chi connectivity index (χ1) is 7.30. The number of nitrogens with zero attached hydrogens (tertiary/aromatic N) is 1. The Labute approximate surface area is 88.8 Å². The zero-order valence-electron chi connectivity index (χ0n) is 8.69. The third-order valence-corrected chi connectivity index (χ3v) is 2.90. The molecule has 15 heavy (non-hydrogen) atoms. The van der Waals surface area contributed by atoms with E-state index < -0.39 is 0 Å². The Morgan fingerprint density at radius 3 is 2.53 bits per heavy atom. The van der Waals surface area contributed by atoms with Gasteiger partial charge < -0.3 is 4.74 Å². The van der Waals surface area contributed by atoms with Gasteiger partial charge in [0.1, 0.15) is 0 Å². The van der Waals surface area contributed by atoms with E-state index in [2.05, 4.69) is 4.99 Å². The van der Waals surface area contributed by atoms with Crippen molar-refractivity contribution in [1.82, 2.24) is 0 Å². The maximum atomic E-state index is 9.95. The average Bonchev–Trinajstić information content (AvgIpc) is 3.08. The highest BCUT2D eigenvalue weighted by Crippen LogP contribution is 2.48. The number of hydrogen-bond acceptors (Lipinski definition) is 3. The van der Waals surface area contributed by atoms with Gasteiger partial charge in [-0.15, -0.1) is 0 Å². The van der Waals surface area contributed by atoms with E-state index >= 15 is 0 Å². The molecule has 0 amide bonds. The van der Waals surface area contributed by atoms with Crippen LogP contribution < -0.4 is 0 Å². The highest BCUT2D eigenvalue weighted by molar-refractivity contribution is 5.35. The van der Waals surface area contributed by atoms with Gasteiger partial charge in [0.2, 0.25) is 6.08 Å². The Kier molecular flexibility index (Phi) is 2.67. The molecule has 1 aliphatic rings. The summed E-state index contributed by atoms with van der Waals surface area (Å²) in [4.78, 5) is 13.5. The molecule has 0 saturated heterocycles. The van der Waals surface area contributed by atoms with Crippen molar-refractivity contribution in [3.63, 3.8) is 0 Å². The maximum Gasteiger partial charge on any atom is 0.235 e. The summed E-state index contributed by atoms with van der Waals surface area (Å²) in [5.41, 5.74) is 2.20. The van der Waals surface area contributed by atoms with Crippen LogP contribution in [-0.2, 0) is 21.7 Å². The summed E-state index contributed by atoms with van der Waals surface area (Å²) < 4.78 is 5.47. The summed E-state index contributed by atoms with van der Waals surface area (Å²) in [5.74, 6) is 0. The highest BCUT2D eigenvalue weighted by Gasteiger charge is 2.44. The molecule has 0 bridgehead atoms. The molecular weight excluding hydrogens is 190 g/mol. The minimum absolute atomic E-state index is 0.0353. The van der Waals surface area contributed by atoms with Gasteiger partial charge in [-0.2, -0.15) is 0 Å². The monoisotopic (exact) mass is 203 g/mol. The van der Waals surface area contributed by atoms with Crippen LogP contribution in [0.15, 0.2) is 29.3 Å². The van der Waals surface area contributed by atoms with Gasteiger partial charge in [0.05, 0.1) is 12.1 Å². The van der Waals surface area contributed by atoms with Gasteiger partial charge >= 0.3 is 0 Å². The van der Waals surface area contributed by atoms with E-state index in [4.69, 9.17) is 4.74 Å². The van der Waals surface area contributed by atoms with Crippen molar-refractivity contribution < 1.29 is 9.53 Å². The molecule has 1 aliphatic carbocycles. The van der Waals surface area contributed by atoms with E-state index in [1.807, 2.05) is 24.3 Å². The molecule has 0 N–H and O–H groups in total. The number of aliphatic imine (C=N–C) groups is 1. The second-order valence-corrected chi connectivity index (χ2v) is 3.80. The van der Waals surface area contributed by atoms with Crippen molar-refractivity contribution in [2.24, 2.45) is 4.99 Å². The molecule has 1 saturated carbocycles. The van der Waals surface area contributed by atoms with Crippen molar-refractivity contribution in [2.75, 3.05) is 7.11 Å². The fourth-order valence-corrected chi connectivity index (χ4v) is 1.76. The number of carbonyl (C=O) groups excluding carboxylic acids is 1. The zero-order valence-corrected chi connectivity index (χ0v) is 8.69. The van der Waals surface area contributed by atoms with Crippen LogP contribution in [-0.4, -0.2) is 13.2 Å². The predicted octanol–water partition coefficient (Wildman–Crippen LogP) is 2.16. The topological polar surface area (TPSA) is 38.7 Å². The average molecular weight is 203 g/mol. The molecule has 0 aromatic heterocycles. The molecule has 1 fully saturated rings. The first-order valence-electron chi connectivity index (χ1n) is 4.99. The lowest BCUT2D eigenvalue weighted by Crippen LogP contribution is -2.08. The Balaban J connectivity index is 2.13. The standard InChI is InChI=1S/C12H13NO2/c1-15-12(6-7-12)11-4-2-10(3-5-11)8-13-9-14/h2-5H,6-8H2,1H3. The van der Waals surface area contributed by atoms with Crippen LogP contribution in [0.5, 0.6) is 0 Å². The Bertz CT molecular complexity index is 387. The SMILES string of the molecule is COC1(c2ccc(CN=C=O)cc2)CC1. The minimum Gasteiger partial charge on any atom is -0.374 e. The first kappa shape index (κ1) is 10.1. The molecule has 1 aromatic carbocycles. The summed E-state index contributed by atoms with van der Waals surface area (Å²) >= 11 is 0. The molecule has 3 heteroatoms. The lowest BCUT2D eigenvalue weighted by molar-refractivity contribution is 0.0789. The third kappa shape index (κ3) is 1.99. The van der Waals surface area contributed by atoms with Crippen molar-refractivity contribution in [1.29, 1.82) is 0 Å². The van der Waals surface area contributed by atoms with Crippen LogP contribution in [0.4, 0.5) is 0 Å². The summed E-state index contributed by atoms with van der Waals surface area (Å²) in [5, 5.41) is 0. The quantitative estimate of drug-likeness (QED) is 0.555. The van der Waals surface area contributed by atoms with Gasteiger partial charge in [0.25, 0.3) is 0 Å². The molecule has 78 valence electrons. The summed E-state index contributed by atoms with van der Waals surface area (Å²) in [6.07, 6.45) is 3.72. The van der Waals surface area contributed by atoms with Crippen LogP contribution in [0.3, 0.4) is 0 Å². The molecule has 0 atom stereocenters. The molecule has 0 unspecified atom stereocenters. The van der Waals surface area contributed by atoms with E-state index in [1.54, 1.807) is 7.11 Å². The molecular formula is C12H13NO2. The van der Waals surface area contributed by atoms with E-state index in [9.17, 15) is 4.79 Å². The maximum absolute atomic E-state index is 9.95. The smallest absolute Gasteiger partial charge is 0.235 e. The van der Waals surface area contributed by atoms with Gasteiger partial charge in [-0.1, -0.05) is 24.3 Å². The lowest BCUT2D eigenvalue weighted by atomic mass is 10.1. The Morgan fingerprint density at radius 1 is 1.40 bits per heavy atom. The normalized spacial score (nSPS) is 16.9. The van der Waals surface area contributed by atoms with Crippen LogP contribution in [0.1, 0.15) is 24.0 Å². The van der Waals surface area contributed by atoms with Gasteiger partial charge in [0, 0.05) is 7.11 Å². The molecule has 0 spiro atoms. The number of ether oxygens (including phenoxy) is 1. The molecule has 0 radical (unpaired) electrons. The second kappa shape index (κ2) is 3.97. The molecule has 0 aliphatic heterocycles. The highest BCUT2D eigenvalue weighted by atomic mass is 16.5. The Hall–Kier alpha value is -1.44. The van der Waals surface area contributed by atoms with E-state index in [-0.39, 0.29) is 5.60 Å². The molecule has 3 nitrogen and oxygen atoms in total. The predicted molar refractivity (Wildman–Crippen MR) is 56.2 cm³/mol. The van der Waals surface area contributed by atoms with Crippen LogP contribution >= 0.6 is 0 Å². The largest absolute Gasteiger partial charge is 0.374 e. The third-order valence-electron chi connectivity index (χ3n) is 2.90.